The van der Waals surface area contributed by atoms with Crippen LogP contribution < -0.4 is 10.5 Å². The number of carbonyl (C=O) groups is 1. The first-order chi connectivity index (χ1) is 14.5. The summed E-state index contributed by atoms with van der Waals surface area (Å²) in [6, 6.07) is 10.8. The maximum absolute atomic E-state index is 11.5. The van der Waals surface area contributed by atoms with Crippen LogP contribution in [0, 0.1) is 16.0 Å². The molecule has 0 bridgehead atoms. The van der Waals surface area contributed by atoms with Crippen LogP contribution in [0.5, 0.6) is 5.75 Å². The Bertz CT molecular complexity index is 950. The summed E-state index contributed by atoms with van der Waals surface area (Å²) in [5.41, 5.74) is 6.08. The number of nitrogens with two attached hydrogens (primary N) is 1. The predicted octanol–water partition coefficient (Wildman–Crippen LogP) is 6.25. The highest BCUT2D eigenvalue weighted by atomic mass is 79.9. The van der Waals surface area contributed by atoms with Crippen molar-refractivity contribution in [3.05, 3.63) is 67.1 Å². The number of hydrogen-bond donors (Lipinski definition) is 1. The van der Waals surface area contributed by atoms with Gasteiger partial charge in [0.1, 0.15) is 5.60 Å². The first-order valence-electron chi connectivity index (χ1n) is 9.71. The number of aryl methyl sites for hydroxylation is 1. The SMILES string of the molecule is COc1cc(CCC(C(C)c2ccc(Br)cc2)C(C)(C)OC(N)=O)c(Cl)cc1[N+](=O)[O-]. The van der Waals surface area contributed by atoms with Gasteiger partial charge in [-0.15, -0.1) is 0 Å². The van der Waals surface area contributed by atoms with Gasteiger partial charge in [-0.25, -0.2) is 4.79 Å². The van der Waals surface area contributed by atoms with E-state index in [4.69, 9.17) is 26.8 Å². The average molecular weight is 514 g/mol. The molecular weight excluding hydrogens is 488 g/mol. The molecule has 2 aromatic carbocycles. The number of nitro groups is 1. The Kier molecular flexibility index (Phi) is 8.31. The fourth-order valence-corrected chi connectivity index (χ4v) is 4.44. The number of halogens is 2. The smallest absolute Gasteiger partial charge is 0.405 e. The number of hydrogen-bond acceptors (Lipinski definition) is 5. The molecule has 0 aliphatic carbocycles. The maximum atomic E-state index is 11.5. The second-order valence-corrected chi connectivity index (χ2v) is 9.21. The van der Waals surface area contributed by atoms with Crippen molar-refractivity contribution in [3.8, 4) is 5.75 Å². The normalized spacial score (nSPS) is 13.4. The molecular formula is C22H26BrClN2O5. The predicted molar refractivity (Wildman–Crippen MR) is 124 cm³/mol. The Hall–Kier alpha value is -2.32. The number of benzene rings is 2. The molecule has 9 heteroatoms. The summed E-state index contributed by atoms with van der Waals surface area (Å²) in [6.45, 7) is 5.73. The van der Waals surface area contributed by atoms with E-state index >= 15 is 0 Å². The molecule has 168 valence electrons. The lowest BCUT2D eigenvalue weighted by Gasteiger charge is -2.38. The van der Waals surface area contributed by atoms with E-state index in [2.05, 4.69) is 22.9 Å². The number of nitrogens with zero attached hydrogens (tertiary/aromatic N) is 1. The van der Waals surface area contributed by atoms with Gasteiger partial charge in [-0.3, -0.25) is 10.1 Å². The molecule has 2 rings (SSSR count). The topological polar surface area (TPSA) is 105 Å². The Morgan fingerprint density at radius 3 is 2.42 bits per heavy atom. The third-order valence-electron chi connectivity index (χ3n) is 5.53. The van der Waals surface area contributed by atoms with E-state index in [0.29, 0.717) is 18.4 Å². The first-order valence-corrected chi connectivity index (χ1v) is 10.9. The van der Waals surface area contributed by atoms with Crippen molar-refractivity contribution in [3.63, 3.8) is 0 Å². The van der Waals surface area contributed by atoms with Gasteiger partial charge >= 0.3 is 11.8 Å². The Morgan fingerprint density at radius 2 is 1.90 bits per heavy atom. The zero-order chi connectivity index (χ0) is 23.3. The van der Waals surface area contributed by atoms with Crippen molar-refractivity contribution >= 4 is 39.3 Å². The van der Waals surface area contributed by atoms with Crippen molar-refractivity contribution in [1.29, 1.82) is 0 Å². The van der Waals surface area contributed by atoms with E-state index in [1.165, 1.54) is 13.2 Å². The molecule has 0 aromatic heterocycles. The highest BCUT2D eigenvalue weighted by Crippen LogP contribution is 2.40. The fourth-order valence-electron chi connectivity index (χ4n) is 3.93. The van der Waals surface area contributed by atoms with E-state index < -0.39 is 16.6 Å². The first kappa shape index (κ1) is 24.9. The summed E-state index contributed by atoms with van der Waals surface area (Å²) in [7, 11) is 1.38. The van der Waals surface area contributed by atoms with E-state index in [1.807, 2.05) is 38.1 Å². The lowest BCUT2D eigenvalue weighted by atomic mass is 9.74. The number of primary amides is 1. The van der Waals surface area contributed by atoms with Crippen LogP contribution in [-0.2, 0) is 11.2 Å². The van der Waals surface area contributed by atoms with E-state index in [0.717, 1.165) is 10.0 Å². The highest BCUT2D eigenvalue weighted by molar-refractivity contribution is 9.10. The molecule has 0 fully saturated rings. The summed E-state index contributed by atoms with van der Waals surface area (Å²) < 4.78 is 11.6. The standard InChI is InChI=1S/C22H26BrClN2O5/c1-13(14-5-8-16(23)9-6-14)17(22(2,3)31-21(25)27)10-7-15-11-20(30-4)19(26(28)29)12-18(15)24/h5-6,8-9,11-13,17H,7,10H2,1-4H3,(H2,25,27). The van der Waals surface area contributed by atoms with Crippen molar-refractivity contribution in [2.24, 2.45) is 11.7 Å². The lowest BCUT2D eigenvalue weighted by Crippen LogP contribution is -2.41. The quantitative estimate of drug-likeness (QED) is 0.315. The van der Waals surface area contributed by atoms with Crippen LogP contribution in [0.2, 0.25) is 5.02 Å². The molecule has 2 atom stereocenters. The minimum atomic E-state index is -0.852. The molecule has 1 amide bonds. The van der Waals surface area contributed by atoms with Crippen LogP contribution in [0.4, 0.5) is 10.5 Å². The van der Waals surface area contributed by atoms with Crippen LogP contribution in [0.15, 0.2) is 40.9 Å². The molecule has 0 saturated carbocycles. The Balaban J connectivity index is 2.36. The van der Waals surface area contributed by atoms with Gasteiger partial charge in [0, 0.05) is 16.5 Å². The molecule has 7 nitrogen and oxygen atoms in total. The van der Waals surface area contributed by atoms with Gasteiger partial charge < -0.3 is 15.2 Å². The number of methoxy groups -OCH3 is 1. The highest BCUT2D eigenvalue weighted by Gasteiger charge is 2.37. The molecule has 0 aliphatic heterocycles. The summed E-state index contributed by atoms with van der Waals surface area (Å²) in [5, 5.41) is 11.5. The minimum absolute atomic E-state index is 0.0289. The van der Waals surface area contributed by atoms with Crippen LogP contribution in [-0.4, -0.2) is 23.7 Å². The molecule has 31 heavy (non-hydrogen) atoms. The molecule has 2 N–H and O–H groups in total. The number of ether oxygens (including phenoxy) is 2. The van der Waals surface area contributed by atoms with Crippen molar-refractivity contribution in [2.75, 3.05) is 7.11 Å². The third-order valence-corrected chi connectivity index (χ3v) is 6.41. The molecule has 2 unspecified atom stereocenters. The Labute approximate surface area is 195 Å². The molecule has 0 radical (unpaired) electrons. The lowest BCUT2D eigenvalue weighted by molar-refractivity contribution is -0.385. The second kappa shape index (κ2) is 10.3. The van der Waals surface area contributed by atoms with E-state index in [9.17, 15) is 14.9 Å². The summed E-state index contributed by atoms with van der Waals surface area (Å²) in [5.74, 6) is 0.0640. The van der Waals surface area contributed by atoms with Gasteiger partial charge in [-0.1, -0.05) is 46.6 Å². The third kappa shape index (κ3) is 6.33. The summed E-state index contributed by atoms with van der Waals surface area (Å²) in [6.07, 6.45) is 0.260. The van der Waals surface area contributed by atoms with Crippen LogP contribution in [0.1, 0.15) is 44.2 Å². The number of rotatable bonds is 9. The monoisotopic (exact) mass is 512 g/mol. The number of nitro benzene ring substituents is 1. The van der Waals surface area contributed by atoms with Crippen molar-refractivity contribution < 1.29 is 19.2 Å². The van der Waals surface area contributed by atoms with Gasteiger partial charge in [0.05, 0.1) is 17.1 Å². The molecule has 2 aromatic rings. The number of amides is 1. The van der Waals surface area contributed by atoms with Gasteiger partial charge in [0.15, 0.2) is 5.75 Å². The van der Waals surface area contributed by atoms with E-state index in [1.54, 1.807) is 6.07 Å². The zero-order valence-electron chi connectivity index (χ0n) is 17.9. The van der Waals surface area contributed by atoms with Crippen LogP contribution in [0.3, 0.4) is 0 Å². The summed E-state index contributed by atoms with van der Waals surface area (Å²) >= 11 is 9.77. The molecule has 0 spiro atoms. The van der Waals surface area contributed by atoms with Crippen molar-refractivity contribution in [2.45, 2.75) is 45.1 Å². The molecule has 0 heterocycles. The zero-order valence-corrected chi connectivity index (χ0v) is 20.2. The Morgan fingerprint density at radius 1 is 1.29 bits per heavy atom. The van der Waals surface area contributed by atoms with Gasteiger partial charge in [0.25, 0.3) is 0 Å². The number of carbonyl (C=O) groups excluding carboxylic acids is 1. The minimum Gasteiger partial charge on any atom is -0.490 e. The average Bonchev–Trinajstić information content (AvgIpc) is 2.67. The van der Waals surface area contributed by atoms with Gasteiger partial charge in [0.2, 0.25) is 0 Å². The maximum Gasteiger partial charge on any atom is 0.405 e. The second-order valence-electron chi connectivity index (χ2n) is 7.88. The molecule has 0 saturated heterocycles. The van der Waals surface area contributed by atoms with Gasteiger partial charge in [-0.2, -0.15) is 0 Å². The van der Waals surface area contributed by atoms with Crippen molar-refractivity contribution in [1.82, 2.24) is 0 Å². The van der Waals surface area contributed by atoms with E-state index in [-0.39, 0.29) is 28.3 Å². The largest absolute Gasteiger partial charge is 0.490 e. The summed E-state index contributed by atoms with van der Waals surface area (Å²) in [4.78, 5) is 22.2. The van der Waals surface area contributed by atoms with Crippen LogP contribution in [0.25, 0.3) is 0 Å². The molecule has 0 aliphatic rings. The van der Waals surface area contributed by atoms with Gasteiger partial charge in [-0.05, 0) is 61.9 Å². The fraction of sp³-hybridized carbons (Fsp3) is 0.409. The van der Waals surface area contributed by atoms with Crippen LogP contribution >= 0.6 is 27.5 Å².